The average Bonchev–Trinajstić information content (AvgIpc) is 2.83. The number of esters is 2. The van der Waals surface area contributed by atoms with Crippen molar-refractivity contribution in [3.63, 3.8) is 0 Å². The Labute approximate surface area is 209 Å². The largest absolute Gasteiger partial charge is 0.460 e. The summed E-state index contributed by atoms with van der Waals surface area (Å²) in [5.41, 5.74) is -0.443. The number of dihydropyridines is 1. The third-order valence-corrected chi connectivity index (χ3v) is 5.33. The van der Waals surface area contributed by atoms with Gasteiger partial charge < -0.3 is 24.3 Å². The molecule has 198 valence electrons. The van der Waals surface area contributed by atoms with Gasteiger partial charge in [-0.3, -0.25) is 10.1 Å². The molecule has 1 N–H and O–H groups in total. The monoisotopic (exact) mass is 508 g/mol. The maximum Gasteiger partial charge on any atom is 0.336 e. The number of nitrogens with zero attached hydrogens (tertiary/aromatic N) is 1. The van der Waals surface area contributed by atoms with Crippen LogP contribution in [0.5, 0.6) is 0 Å². The number of hydrogen-bond donors (Lipinski definition) is 1. The molecule has 10 nitrogen and oxygen atoms in total. The minimum Gasteiger partial charge on any atom is -0.460 e. The second-order valence-electron chi connectivity index (χ2n) is 8.07. The van der Waals surface area contributed by atoms with Gasteiger partial charge in [0.1, 0.15) is 13.2 Å². The fraction of sp³-hybridized carbons (Fsp3) is 0.520. The second-order valence-corrected chi connectivity index (χ2v) is 8.07. The molecule has 0 spiro atoms. The van der Waals surface area contributed by atoms with E-state index in [0.29, 0.717) is 24.6 Å². The number of nitrogens with one attached hydrogen (secondary N) is 1. The number of ether oxygens (including phenoxy) is 4. The van der Waals surface area contributed by atoms with E-state index < -0.39 is 34.3 Å². The highest BCUT2D eigenvalue weighted by atomic mass is 19.1. The minimum atomic E-state index is -1.29. The van der Waals surface area contributed by atoms with Gasteiger partial charge in [-0.05, 0) is 26.7 Å². The van der Waals surface area contributed by atoms with E-state index in [1.54, 1.807) is 13.8 Å². The molecule has 0 saturated carbocycles. The molecule has 0 radical (unpaired) electrons. The van der Waals surface area contributed by atoms with E-state index in [1.807, 2.05) is 13.8 Å². The Balaban J connectivity index is 2.45. The number of halogens is 1. The van der Waals surface area contributed by atoms with E-state index in [4.69, 9.17) is 18.9 Å². The highest BCUT2D eigenvalue weighted by molar-refractivity contribution is 6.00. The number of hydrogen-bond acceptors (Lipinski definition) is 9. The Hall–Kier alpha value is -3.31. The number of carbonyl (C=O) groups is 2. The van der Waals surface area contributed by atoms with Crippen molar-refractivity contribution in [2.45, 2.75) is 46.5 Å². The maximum atomic E-state index is 15.4. The molecule has 0 atom stereocenters. The number of carbonyl (C=O) groups excluding carboxylic acids is 2. The van der Waals surface area contributed by atoms with Crippen molar-refractivity contribution in [1.29, 1.82) is 0 Å². The number of rotatable bonds is 14. The van der Waals surface area contributed by atoms with Gasteiger partial charge in [0.25, 0.3) is 0 Å². The van der Waals surface area contributed by atoms with E-state index in [0.717, 1.165) is 18.9 Å². The van der Waals surface area contributed by atoms with Crippen LogP contribution in [0.3, 0.4) is 0 Å². The number of allylic oxidation sites excluding steroid dienone is 2. The summed E-state index contributed by atoms with van der Waals surface area (Å²) in [4.78, 5) is 36.8. The number of nitro groups is 1. The van der Waals surface area contributed by atoms with Crippen molar-refractivity contribution in [2.24, 2.45) is 0 Å². The first-order valence-corrected chi connectivity index (χ1v) is 11.9. The Bertz CT molecular complexity index is 973. The van der Waals surface area contributed by atoms with E-state index in [-0.39, 0.29) is 43.1 Å². The van der Waals surface area contributed by atoms with Crippen LogP contribution in [0.25, 0.3) is 0 Å². The zero-order valence-corrected chi connectivity index (χ0v) is 21.1. The summed E-state index contributed by atoms with van der Waals surface area (Å²) in [6, 6.07) is 3.61. The summed E-state index contributed by atoms with van der Waals surface area (Å²) >= 11 is 0. The Morgan fingerprint density at radius 3 is 1.86 bits per heavy atom. The molecular weight excluding hydrogens is 475 g/mol. The van der Waals surface area contributed by atoms with Crippen molar-refractivity contribution < 1.29 is 37.9 Å². The van der Waals surface area contributed by atoms with E-state index in [1.165, 1.54) is 12.1 Å². The Morgan fingerprint density at radius 2 is 1.42 bits per heavy atom. The molecule has 0 aliphatic carbocycles. The first-order chi connectivity index (χ1) is 17.2. The van der Waals surface area contributed by atoms with Gasteiger partial charge in [0.05, 0.1) is 35.2 Å². The van der Waals surface area contributed by atoms with Gasteiger partial charge in [0, 0.05) is 36.2 Å². The summed E-state index contributed by atoms with van der Waals surface area (Å²) < 4.78 is 36.7. The van der Waals surface area contributed by atoms with Gasteiger partial charge >= 0.3 is 17.6 Å². The summed E-state index contributed by atoms with van der Waals surface area (Å²) in [6.07, 6.45) is 1.60. The van der Waals surface area contributed by atoms with Crippen LogP contribution < -0.4 is 5.32 Å². The first kappa shape index (κ1) is 28.9. The zero-order chi connectivity index (χ0) is 26.7. The molecule has 1 heterocycles. The van der Waals surface area contributed by atoms with Crippen molar-refractivity contribution in [1.82, 2.24) is 5.32 Å². The lowest BCUT2D eigenvalue weighted by molar-refractivity contribution is -0.387. The van der Waals surface area contributed by atoms with Gasteiger partial charge in [-0.2, -0.15) is 4.39 Å². The Kier molecular flexibility index (Phi) is 11.5. The molecule has 0 amide bonds. The van der Waals surface area contributed by atoms with Crippen LogP contribution in [-0.2, 0) is 28.5 Å². The van der Waals surface area contributed by atoms with Crippen molar-refractivity contribution in [3.8, 4) is 0 Å². The molecule has 2 rings (SSSR count). The maximum absolute atomic E-state index is 15.4. The van der Waals surface area contributed by atoms with Gasteiger partial charge in [0.15, 0.2) is 0 Å². The second kappa shape index (κ2) is 14.3. The molecule has 0 bridgehead atoms. The van der Waals surface area contributed by atoms with Gasteiger partial charge in [-0.15, -0.1) is 0 Å². The van der Waals surface area contributed by atoms with E-state index in [9.17, 15) is 19.7 Å². The van der Waals surface area contributed by atoms with Crippen molar-refractivity contribution in [2.75, 3.05) is 39.6 Å². The average molecular weight is 509 g/mol. The molecule has 1 aromatic rings. The molecule has 0 unspecified atom stereocenters. The zero-order valence-electron chi connectivity index (χ0n) is 21.1. The lowest BCUT2D eigenvalue weighted by Gasteiger charge is -2.30. The van der Waals surface area contributed by atoms with Crippen LogP contribution >= 0.6 is 0 Å². The lowest BCUT2D eigenvalue weighted by Crippen LogP contribution is -2.33. The quantitative estimate of drug-likeness (QED) is 0.172. The summed E-state index contributed by atoms with van der Waals surface area (Å²) in [5, 5.41) is 14.3. The molecule has 36 heavy (non-hydrogen) atoms. The van der Waals surface area contributed by atoms with Crippen LogP contribution in [0.2, 0.25) is 0 Å². The molecule has 1 aromatic carbocycles. The van der Waals surface area contributed by atoms with Crippen LogP contribution in [0.1, 0.15) is 52.0 Å². The van der Waals surface area contributed by atoms with Gasteiger partial charge in [0.2, 0.25) is 5.82 Å². The Morgan fingerprint density at radius 1 is 0.917 bits per heavy atom. The summed E-state index contributed by atoms with van der Waals surface area (Å²) in [6.45, 7) is 8.26. The standard InChI is InChI=1S/C25H33FN2O8/c1-5-10-33-12-14-35-24(29)20-16(3)27-17(4)21(25(30)36-15-13-34-11-6-2)22(20)18-8-7-9-19(23(18)26)28(31)32/h7-9,22,27H,5-6,10-15H2,1-4H3. The highest BCUT2D eigenvalue weighted by Gasteiger charge is 2.40. The fourth-order valence-electron chi connectivity index (χ4n) is 3.78. The molecular formula is C25H33FN2O8. The topological polar surface area (TPSA) is 126 Å². The minimum absolute atomic E-state index is 0.0512. The molecule has 1 aliphatic heterocycles. The van der Waals surface area contributed by atoms with E-state index >= 15 is 4.39 Å². The summed E-state index contributed by atoms with van der Waals surface area (Å²) in [7, 11) is 0. The van der Waals surface area contributed by atoms with Crippen LogP contribution in [0.4, 0.5) is 10.1 Å². The third kappa shape index (κ3) is 7.34. The third-order valence-electron chi connectivity index (χ3n) is 5.33. The van der Waals surface area contributed by atoms with Crippen LogP contribution in [-0.4, -0.2) is 56.5 Å². The number of nitro benzene ring substituents is 1. The van der Waals surface area contributed by atoms with Crippen molar-refractivity contribution >= 4 is 17.6 Å². The normalized spacial score (nSPS) is 14.0. The predicted molar refractivity (Wildman–Crippen MR) is 128 cm³/mol. The number of benzene rings is 1. The SMILES string of the molecule is CCCOCCOC(=O)C1=C(C)NC(C)=C(C(=O)OCCOCCC)C1c1cccc([N+](=O)[O-])c1F. The van der Waals surface area contributed by atoms with Gasteiger partial charge in [-0.1, -0.05) is 26.0 Å². The van der Waals surface area contributed by atoms with Crippen LogP contribution in [0.15, 0.2) is 40.7 Å². The smallest absolute Gasteiger partial charge is 0.336 e. The molecule has 0 saturated heterocycles. The molecule has 11 heteroatoms. The highest BCUT2D eigenvalue weighted by Crippen LogP contribution is 2.41. The van der Waals surface area contributed by atoms with Crippen LogP contribution in [0, 0.1) is 15.9 Å². The van der Waals surface area contributed by atoms with Gasteiger partial charge in [-0.25, -0.2) is 9.59 Å². The molecule has 0 aromatic heterocycles. The molecule has 0 fully saturated rings. The fourth-order valence-corrected chi connectivity index (χ4v) is 3.78. The van der Waals surface area contributed by atoms with Crippen molar-refractivity contribution in [3.05, 3.63) is 62.2 Å². The summed E-state index contributed by atoms with van der Waals surface area (Å²) in [5.74, 6) is -4.05. The first-order valence-electron chi connectivity index (χ1n) is 11.9. The predicted octanol–water partition coefficient (Wildman–Crippen LogP) is 3.91. The molecule has 1 aliphatic rings. The lowest BCUT2D eigenvalue weighted by atomic mass is 9.80. The van der Waals surface area contributed by atoms with E-state index in [2.05, 4.69) is 5.32 Å².